The Labute approximate surface area is 237 Å². The van der Waals surface area contributed by atoms with Crippen molar-refractivity contribution in [3.63, 3.8) is 0 Å². The Morgan fingerprint density at radius 1 is 1.10 bits per heavy atom. The molecule has 5 N–H and O–H groups in total. The quantitative estimate of drug-likeness (QED) is 0.261. The number of amides is 1. The summed E-state index contributed by atoms with van der Waals surface area (Å²) in [4.78, 5) is 24.3. The van der Waals surface area contributed by atoms with Gasteiger partial charge in [0.1, 0.15) is 28.2 Å². The molecule has 1 saturated heterocycles. The lowest BCUT2D eigenvalue weighted by molar-refractivity contribution is -0.137. The number of carbonyl (C=O) groups is 1. The zero-order valence-corrected chi connectivity index (χ0v) is 22.9. The minimum atomic E-state index is -5.06. The number of piperidine rings is 1. The summed E-state index contributed by atoms with van der Waals surface area (Å²) >= 11 is 0. The molecule has 42 heavy (non-hydrogen) atoms. The molecule has 226 valence electrons. The number of benzene rings is 1. The van der Waals surface area contributed by atoms with Gasteiger partial charge in [-0.15, -0.1) is 0 Å². The van der Waals surface area contributed by atoms with Gasteiger partial charge < -0.3 is 31.2 Å². The van der Waals surface area contributed by atoms with Gasteiger partial charge in [0.25, 0.3) is 0 Å². The van der Waals surface area contributed by atoms with Crippen molar-refractivity contribution >= 4 is 28.3 Å². The third-order valence-electron chi connectivity index (χ3n) is 7.25. The predicted molar refractivity (Wildman–Crippen MR) is 144 cm³/mol. The van der Waals surface area contributed by atoms with Gasteiger partial charge in [0.2, 0.25) is 11.8 Å². The van der Waals surface area contributed by atoms with E-state index < -0.39 is 57.5 Å². The zero-order chi connectivity index (χ0) is 30.2. The average Bonchev–Trinajstić information content (AvgIpc) is 2.96. The number of nitrogens with zero attached hydrogens (tertiary/aromatic N) is 3. The molecule has 3 aromatic rings. The fourth-order valence-corrected chi connectivity index (χ4v) is 5.02. The van der Waals surface area contributed by atoms with Crippen LogP contribution in [-0.4, -0.2) is 59.7 Å². The van der Waals surface area contributed by atoms with E-state index in [4.69, 9.17) is 15.2 Å². The Bertz CT molecular complexity index is 1510. The third-order valence-corrected chi connectivity index (χ3v) is 7.25. The van der Waals surface area contributed by atoms with Crippen molar-refractivity contribution in [2.45, 2.75) is 45.4 Å². The molecule has 2 aromatic heterocycles. The van der Waals surface area contributed by atoms with Crippen LogP contribution in [0.3, 0.4) is 0 Å². The second-order valence-corrected chi connectivity index (χ2v) is 10.4. The Morgan fingerprint density at radius 3 is 2.60 bits per heavy atom. The smallest absolute Gasteiger partial charge is 0.417 e. The second-order valence-electron chi connectivity index (χ2n) is 10.4. The average molecular weight is 596 g/mol. The van der Waals surface area contributed by atoms with E-state index in [9.17, 15) is 22.4 Å². The number of alkyl halides is 3. The minimum absolute atomic E-state index is 0.0163. The van der Waals surface area contributed by atoms with Crippen LogP contribution in [0.2, 0.25) is 0 Å². The Hall–Kier alpha value is -4.01. The molecule has 1 amide bonds. The van der Waals surface area contributed by atoms with Crippen LogP contribution in [0.4, 0.5) is 33.5 Å². The first-order valence-electron chi connectivity index (χ1n) is 13.5. The van der Waals surface area contributed by atoms with Crippen molar-refractivity contribution in [3.8, 4) is 23.1 Å². The molecule has 0 spiro atoms. The molecule has 0 saturated carbocycles. The summed E-state index contributed by atoms with van der Waals surface area (Å²) in [7, 11) is 0. The molecular weight excluding hydrogens is 565 g/mol. The van der Waals surface area contributed by atoms with E-state index in [1.54, 1.807) is 6.92 Å². The van der Waals surface area contributed by atoms with Gasteiger partial charge in [-0.2, -0.15) is 23.1 Å². The fourth-order valence-electron chi connectivity index (χ4n) is 5.02. The summed E-state index contributed by atoms with van der Waals surface area (Å²) in [6, 6.07) is 0.480. The molecule has 0 bridgehead atoms. The van der Waals surface area contributed by atoms with Crippen LogP contribution in [0.15, 0.2) is 6.07 Å². The molecule has 10 nitrogen and oxygen atoms in total. The topological polar surface area (TPSA) is 136 Å². The van der Waals surface area contributed by atoms with Gasteiger partial charge in [0.15, 0.2) is 5.82 Å². The number of hydrogen-bond donors (Lipinski definition) is 4. The number of aromatic nitrogens is 3. The van der Waals surface area contributed by atoms with E-state index >= 15 is 4.39 Å². The lowest BCUT2D eigenvalue weighted by Crippen LogP contribution is -2.37. The Kier molecular flexibility index (Phi) is 8.21. The van der Waals surface area contributed by atoms with Crippen molar-refractivity contribution in [3.05, 3.63) is 28.8 Å². The van der Waals surface area contributed by atoms with Crippen molar-refractivity contribution in [2.24, 2.45) is 5.92 Å². The summed E-state index contributed by atoms with van der Waals surface area (Å²) in [6.45, 7) is 4.62. The van der Waals surface area contributed by atoms with Crippen LogP contribution < -0.4 is 31.2 Å². The summed E-state index contributed by atoms with van der Waals surface area (Å²) in [5.41, 5.74) is 0.981. The van der Waals surface area contributed by atoms with Gasteiger partial charge in [-0.25, -0.2) is 13.8 Å². The summed E-state index contributed by atoms with van der Waals surface area (Å²) in [5.74, 6) is -2.67. The van der Waals surface area contributed by atoms with Crippen LogP contribution >= 0.6 is 0 Å². The molecule has 2 atom stereocenters. The minimum Gasteiger partial charge on any atom is -0.474 e. The predicted octanol–water partition coefficient (Wildman–Crippen LogP) is 3.96. The highest BCUT2D eigenvalue weighted by molar-refractivity contribution is 5.96. The van der Waals surface area contributed by atoms with Crippen molar-refractivity contribution in [1.29, 1.82) is 0 Å². The number of hydrogen-bond acceptors (Lipinski definition) is 9. The standard InChI is InChI=1S/C27H30F5N7O3/c1-12-5-6-34-7-8-35-24-18-23(38-26(39-24)41-11-14-3-4-17(40)36-10-14)21(29)22(37-25(18)42-12)15-9-16(33)20(28)13(2)19(15)27(30,31)32/h9,12,14,34H,3-8,10-11,33H2,1-2H3,(H,36,40)(H,35,38,39). The lowest BCUT2D eigenvalue weighted by atomic mass is 9.96. The van der Waals surface area contributed by atoms with E-state index in [0.29, 0.717) is 51.5 Å². The second kappa shape index (κ2) is 11.7. The third kappa shape index (κ3) is 5.96. The highest BCUT2D eigenvalue weighted by atomic mass is 19.4. The van der Waals surface area contributed by atoms with Crippen molar-refractivity contribution in [2.75, 3.05) is 43.8 Å². The van der Waals surface area contributed by atoms with Gasteiger partial charge in [-0.1, -0.05) is 0 Å². The van der Waals surface area contributed by atoms with E-state index in [1.807, 2.05) is 0 Å². The van der Waals surface area contributed by atoms with Gasteiger partial charge in [-0.05, 0) is 44.9 Å². The molecule has 1 aromatic carbocycles. The highest BCUT2D eigenvalue weighted by Gasteiger charge is 2.39. The SMILES string of the molecule is Cc1c(F)c(N)cc(-c2nc3c4c(nc(OCC5CCC(=O)NC5)nc4c2F)NCCNCCC(C)O3)c1C(F)(F)F. The molecule has 2 unspecified atom stereocenters. The van der Waals surface area contributed by atoms with Gasteiger partial charge >= 0.3 is 12.2 Å². The van der Waals surface area contributed by atoms with Crippen LogP contribution in [-0.2, 0) is 11.0 Å². The number of nitrogen functional groups attached to an aromatic ring is 1. The zero-order valence-electron chi connectivity index (χ0n) is 22.9. The number of halogens is 5. The maximum absolute atomic E-state index is 16.4. The summed E-state index contributed by atoms with van der Waals surface area (Å²) in [6.07, 6.45) is -4.12. The molecule has 5 rings (SSSR count). The fraction of sp³-hybridized carbons (Fsp3) is 0.481. The molecule has 2 aliphatic heterocycles. The number of ether oxygens (including phenoxy) is 2. The van der Waals surface area contributed by atoms with Crippen molar-refractivity contribution in [1.82, 2.24) is 25.6 Å². The largest absolute Gasteiger partial charge is 0.474 e. The number of rotatable bonds is 4. The molecule has 0 aliphatic carbocycles. The van der Waals surface area contributed by atoms with Gasteiger partial charge in [0.05, 0.1) is 24.0 Å². The molecule has 1 fully saturated rings. The van der Waals surface area contributed by atoms with E-state index in [-0.39, 0.29) is 41.5 Å². The molecule has 4 heterocycles. The maximum atomic E-state index is 16.4. The number of pyridine rings is 1. The van der Waals surface area contributed by atoms with Crippen LogP contribution in [0.25, 0.3) is 22.2 Å². The number of nitrogens with one attached hydrogen (secondary N) is 3. The number of carbonyl (C=O) groups excluding carboxylic acids is 1. The highest BCUT2D eigenvalue weighted by Crippen LogP contribution is 2.44. The first-order chi connectivity index (χ1) is 19.9. The van der Waals surface area contributed by atoms with Crippen LogP contribution in [0.5, 0.6) is 11.9 Å². The molecule has 0 radical (unpaired) electrons. The first-order valence-corrected chi connectivity index (χ1v) is 13.5. The monoisotopic (exact) mass is 595 g/mol. The van der Waals surface area contributed by atoms with Crippen molar-refractivity contribution < 1.29 is 36.2 Å². The van der Waals surface area contributed by atoms with Gasteiger partial charge in [-0.3, -0.25) is 4.79 Å². The Balaban J connectivity index is 1.71. The summed E-state index contributed by atoms with van der Waals surface area (Å²) in [5, 5.41) is 9.08. The molecule has 2 aliphatic rings. The van der Waals surface area contributed by atoms with Crippen LogP contribution in [0.1, 0.15) is 37.3 Å². The van der Waals surface area contributed by atoms with E-state index in [2.05, 4.69) is 30.9 Å². The number of nitrogens with two attached hydrogens (primary N) is 1. The maximum Gasteiger partial charge on any atom is 0.417 e. The normalized spacial score (nSPS) is 19.8. The Morgan fingerprint density at radius 2 is 1.88 bits per heavy atom. The summed E-state index contributed by atoms with van der Waals surface area (Å²) < 4.78 is 85.4. The number of anilines is 2. The first kappa shape index (κ1) is 29.5. The van der Waals surface area contributed by atoms with E-state index in [0.717, 1.165) is 6.92 Å². The van der Waals surface area contributed by atoms with E-state index in [1.165, 1.54) is 0 Å². The lowest BCUT2D eigenvalue weighted by Gasteiger charge is -2.23. The van der Waals surface area contributed by atoms with Gasteiger partial charge in [0, 0.05) is 37.5 Å². The van der Waals surface area contributed by atoms with Crippen LogP contribution in [0, 0.1) is 24.5 Å². The molecule has 15 heteroatoms. The molecular formula is C27H30F5N7O3.